The monoisotopic (exact) mass is 428 g/mol. The Balaban J connectivity index is 1.71. The van der Waals surface area contributed by atoms with Crippen LogP contribution in [0.5, 0.6) is 0 Å². The van der Waals surface area contributed by atoms with Gasteiger partial charge in [-0.3, -0.25) is 4.99 Å². The topological polar surface area (TPSA) is 70.8 Å². The lowest BCUT2D eigenvalue weighted by molar-refractivity contribution is 0.122. The number of nitrogens with zero attached hydrogens (tertiary/aromatic N) is 4. The second-order valence-electron chi connectivity index (χ2n) is 7.93. The smallest absolute Gasteiger partial charge is 0.116 e. The second-order valence-corrected chi connectivity index (χ2v) is 7.93. The van der Waals surface area contributed by atoms with Crippen LogP contribution in [-0.4, -0.2) is 48.1 Å². The first-order valence-electron chi connectivity index (χ1n) is 10.7. The summed E-state index contributed by atoms with van der Waals surface area (Å²) in [5.41, 5.74) is 6.56. The predicted octanol–water partition coefficient (Wildman–Crippen LogP) is 4.64. The van der Waals surface area contributed by atoms with Crippen LogP contribution in [-0.2, 0) is 4.74 Å². The van der Waals surface area contributed by atoms with Gasteiger partial charge in [-0.05, 0) is 67.6 Å². The molecule has 1 aliphatic rings. The number of aryl methyl sites for hydroxylation is 1. The Morgan fingerprint density at radius 3 is 2.78 bits per heavy atom. The molecule has 2 aromatic carbocycles. The minimum atomic E-state index is -0.717. The van der Waals surface area contributed by atoms with Gasteiger partial charge in [-0.1, -0.05) is 18.2 Å². The zero-order chi connectivity index (χ0) is 22.5. The van der Waals surface area contributed by atoms with Gasteiger partial charge in [0.25, 0.3) is 0 Å². The fourth-order valence-corrected chi connectivity index (χ4v) is 3.97. The minimum Gasteiger partial charge on any atom is -0.384 e. The third-order valence-electron chi connectivity index (χ3n) is 5.83. The van der Waals surface area contributed by atoms with Gasteiger partial charge in [-0.25, -0.2) is 9.97 Å². The molecule has 0 bridgehead atoms. The molecule has 1 atom stereocenters. The van der Waals surface area contributed by atoms with E-state index in [0.717, 1.165) is 70.9 Å². The van der Waals surface area contributed by atoms with Crippen molar-refractivity contribution in [3.8, 4) is 11.3 Å². The number of hydrogen-bond acceptors (Lipinski definition) is 6. The fourth-order valence-electron chi connectivity index (χ4n) is 3.97. The number of aliphatic hydroxyl groups is 1. The Bertz CT molecular complexity index is 1180. The van der Waals surface area contributed by atoms with Crippen LogP contribution in [0.2, 0.25) is 0 Å². The molecule has 1 aliphatic heterocycles. The maximum atomic E-state index is 10.9. The molecule has 1 fully saturated rings. The average Bonchev–Trinajstić information content (AvgIpc) is 2.84. The highest BCUT2D eigenvalue weighted by atomic mass is 16.5. The number of hydrogen-bond donors (Lipinski definition) is 1. The highest BCUT2D eigenvalue weighted by molar-refractivity contribution is 5.94. The van der Waals surface area contributed by atoms with Crippen LogP contribution < -0.4 is 4.90 Å². The molecule has 2 heterocycles. The lowest BCUT2D eigenvalue weighted by Gasteiger charge is -2.29. The Kier molecular flexibility index (Phi) is 6.73. The van der Waals surface area contributed by atoms with E-state index in [4.69, 9.17) is 4.74 Å². The molecule has 0 spiro atoms. The fraction of sp³-hybridized carbons (Fsp3) is 0.269. The summed E-state index contributed by atoms with van der Waals surface area (Å²) < 4.78 is 5.47. The van der Waals surface area contributed by atoms with Crippen LogP contribution in [0, 0.1) is 6.92 Å². The first-order chi connectivity index (χ1) is 15.6. The molecule has 0 radical (unpaired) electrons. The number of morpholine rings is 1. The molecule has 0 amide bonds. The number of rotatable bonds is 6. The van der Waals surface area contributed by atoms with E-state index in [2.05, 4.69) is 44.8 Å². The quantitative estimate of drug-likeness (QED) is 0.458. The molecule has 3 aromatic rings. The van der Waals surface area contributed by atoms with Gasteiger partial charge in [0.1, 0.15) is 12.4 Å². The van der Waals surface area contributed by atoms with Crippen LogP contribution in [0.4, 0.5) is 5.69 Å². The Morgan fingerprint density at radius 1 is 1.19 bits per heavy atom. The summed E-state index contributed by atoms with van der Waals surface area (Å²) in [5, 5.41) is 11.9. The van der Waals surface area contributed by atoms with E-state index >= 15 is 0 Å². The van der Waals surface area contributed by atoms with Crippen LogP contribution in [0.15, 0.2) is 71.6 Å². The number of aliphatic hydroxyl groups excluding tert-OH is 1. The molecule has 6 heteroatoms. The molecular weight excluding hydrogens is 400 g/mol. The van der Waals surface area contributed by atoms with Gasteiger partial charge in [-0.2, -0.15) is 0 Å². The lowest BCUT2D eigenvalue weighted by Crippen LogP contribution is -2.36. The number of benzene rings is 2. The third kappa shape index (κ3) is 4.61. The van der Waals surface area contributed by atoms with Crippen molar-refractivity contribution in [1.82, 2.24) is 9.97 Å². The van der Waals surface area contributed by atoms with Crippen molar-refractivity contribution >= 4 is 23.3 Å². The molecule has 1 unspecified atom stereocenters. The van der Waals surface area contributed by atoms with Gasteiger partial charge in [0.2, 0.25) is 0 Å². The third-order valence-corrected chi connectivity index (χ3v) is 5.83. The molecule has 1 N–H and O–H groups in total. The summed E-state index contributed by atoms with van der Waals surface area (Å²) in [4.78, 5) is 15.1. The van der Waals surface area contributed by atoms with Crippen LogP contribution >= 0.6 is 0 Å². The van der Waals surface area contributed by atoms with Crippen LogP contribution in [0.25, 0.3) is 22.2 Å². The Labute approximate surface area is 188 Å². The minimum absolute atomic E-state index is 0.717. The first kappa shape index (κ1) is 21.9. The van der Waals surface area contributed by atoms with Gasteiger partial charge in [0.15, 0.2) is 0 Å². The number of aromatic nitrogens is 2. The van der Waals surface area contributed by atoms with E-state index in [-0.39, 0.29) is 0 Å². The number of anilines is 1. The number of aliphatic imine (C=N–C) groups is 1. The van der Waals surface area contributed by atoms with Gasteiger partial charge in [0.05, 0.1) is 24.4 Å². The molecule has 1 saturated heterocycles. The zero-order valence-electron chi connectivity index (χ0n) is 18.5. The molecule has 0 saturated carbocycles. The van der Waals surface area contributed by atoms with Gasteiger partial charge >= 0.3 is 0 Å². The summed E-state index contributed by atoms with van der Waals surface area (Å²) in [6.07, 6.45) is 6.10. The molecule has 0 aliphatic carbocycles. The number of ether oxygens (including phenoxy) is 1. The van der Waals surface area contributed by atoms with E-state index in [1.165, 1.54) is 0 Å². The maximum Gasteiger partial charge on any atom is 0.116 e. The lowest BCUT2D eigenvalue weighted by atomic mass is 9.94. The Hall–Kier alpha value is -3.35. The summed E-state index contributed by atoms with van der Waals surface area (Å²) >= 11 is 0. The summed E-state index contributed by atoms with van der Waals surface area (Å²) in [6, 6.07) is 12.4. The molecule has 164 valence electrons. The van der Waals surface area contributed by atoms with E-state index in [9.17, 15) is 5.11 Å². The van der Waals surface area contributed by atoms with E-state index in [1.54, 1.807) is 18.6 Å². The van der Waals surface area contributed by atoms with E-state index in [1.807, 2.05) is 38.1 Å². The van der Waals surface area contributed by atoms with Crippen molar-refractivity contribution in [2.75, 3.05) is 31.2 Å². The van der Waals surface area contributed by atoms with Crippen LogP contribution in [0.1, 0.15) is 24.2 Å². The van der Waals surface area contributed by atoms with Crippen molar-refractivity contribution in [3.05, 3.63) is 77.8 Å². The second kappa shape index (κ2) is 9.85. The van der Waals surface area contributed by atoms with Crippen molar-refractivity contribution < 1.29 is 9.84 Å². The molecule has 6 nitrogen and oxygen atoms in total. The maximum absolute atomic E-state index is 10.9. The zero-order valence-corrected chi connectivity index (χ0v) is 18.5. The van der Waals surface area contributed by atoms with Crippen molar-refractivity contribution in [2.45, 2.75) is 20.0 Å². The molecule has 32 heavy (non-hydrogen) atoms. The SMILES string of the molecule is C=N/C=C\C=C(/C)C(O)c1cc(-c2ncnc3cc(N4CCOCC4)ccc23)ccc1C. The van der Waals surface area contributed by atoms with Crippen molar-refractivity contribution in [1.29, 1.82) is 0 Å². The molecular formula is C26H28N4O2. The summed E-state index contributed by atoms with van der Waals surface area (Å²) in [7, 11) is 0. The normalized spacial score (nSPS) is 16.0. The van der Waals surface area contributed by atoms with Crippen molar-refractivity contribution in [2.24, 2.45) is 4.99 Å². The standard InChI is InChI=1S/C26H28N4O2/c1-18-6-7-20(15-23(18)26(31)19(2)5-4-10-27-3)25-22-9-8-21(16-24(22)28-17-29-25)30-11-13-32-14-12-30/h4-10,15-17,26,31H,3,11-14H2,1-2H3/b10-4-,19-5+. The Morgan fingerprint density at radius 2 is 2.00 bits per heavy atom. The van der Waals surface area contributed by atoms with Crippen molar-refractivity contribution in [3.63, 3.8) is 0 Å². The van der Waals surface area contributed by atoms with E-state index < -0.39 is 6.10 Å². The van der Waals surface area contributed by atoms with E-state index in [0.29, 0.717) is 0 Å². The highest BCUT2D eigenvalue weighted by Crippen LogP contribution is 2.32. The number of allylic oxidation sites excluding steroid dienone is 2. The summed E-state index contributed by atoms with van der Waals surface area (Å²) in [6.45, 7) is 10.6. The molecule has 4 rings (SSSR count). The van der Waals surface area contributed by atoms with Gasteiger partial charge in [-0.15, -0.1) is 0 Å². The van der Waals surface area contributed by atoms with Crippen LogP contribution in [0.3, 0.4) is 0 Å². The highest BCUT2D eigenvalue weighted by Gasteiger charge is 2.16. The predicted molar refractivity (Wildman–Crippen MR) is 130 cm³/mol. The first-order valence-corrected chi connectivity index (χ1v) is 10.7. The van der Waals surface area contributed by atoms with Gasteiger partial charge in [0, 0.05) is 35.9 Å². The van der Waals surface area contributed by atoms with Gasteiger partial charge < -0.3 is 14.7 Å². The summed E-state index contributed by atoms with van der Waals surface area (Å²) in [5.74, 6) is 0. The average molecular weight is 429 g/mol. The largest absolute Gasteiger partial charge is 0.384 e. The molecule has 1 aromatic heterocycles. The number of fused-ring (bicyclic) bond motifs is 1.